The number of aryl methyl sites for hydroxylation is 1. The van der Waals surface area contributed by atoms with Gasteiger partial charge in [0.1, 0.15) is 5.52 Å². The predicted octanol–water partition coefficient (Wildman–Crippen LogP) is 2.05. The molecule has 0 bridgehead atoms. The minimum absolute atomic E-state index is 0.114. The van der Waals surface area contributed by atoms with Gasteiger partial charge in [-0.2, -0.15) is 4.98 Å². The Bertz CT molecular complexity index is 1240. The molecule has 10 heteroatoms. The van der Waals surface area contributed by atoms with E-state index in [4.69, 9.17) is 0 Å². The quantitative estimate of drug-likeness (QED) is 0.553. The molecule has 0 fully saturated rings. The molecule has 0 atom stereocenters. The van der Waals surface area contributed by atoms with E-state index in [-0.39, 0.29) is 28.6 Å². The highest BCUT2D eigenvalue weighted by atomic mass is 32.2. The number of carbonyl (C=O) groups excluding carboxylic acids is 1. The molecule has 0 radical (unpaired) electrons. The molecule has 0 aliphatic carbocycles. The molecule has 0 spiro atoms. The van der Waals surface area contributed by atoms with Crippen molar-refractivity contribution in [3.63, 3.8) is 0 Å². The molecule has 2 aromatic heterocycles. The third kappa shape index (κ3) is 3.87. The summed E-state index contributed by atoms with van der Waals surface area (Å²) in [5.41, 5.74) is 1.62. The van der Waals surface area contributed by atoms with E-state index in [9.17, 15) is 18.0 Å². The van der Waals surface area contributed by atoms with Crippen molar-refractivity contribution >= 4 is 27.0 Å². The lowest BCUT2D eigenvalue weighted by molar-refractivity contribution is 0.205. The molecule has 30 heavy (non-hydrogen) atoms. The molecule has 1 amide bonds. The lowest BCUT2D eigenvalue weighted by atomic mass is 10.1. The Morgan fingerprint density at radius 3 is 2.30 bits per heavy atom. The van der Waals surface area contributed by atoms with Crippen molar-refractivity contribution in [1.82, 2.24) is 24.0 Å². The van der Waals surface area contributed by atoms with E-state index in [0.29, 0.717) is 13.1 Å². The van der Waals surface area contributed by atoms with Gasteiger partial charge in [0.25, 0.3) is 0 Å². The van der Waals surface area contributed by atoms with E-state index in [1.165, 1.54) is 22.6 Å². The van der Waals surface area contributed by atoms with E-state index in [1.54, 1.807) is 0 Å². The van der Waals surface area contributed by atoms with Gasteiger partial charge in [-0.1, -0.05) is 36.8 Å². The summed E-state index contributed by atoms with van der Waals surface area (Å²) in [6, 6.07) is 7.10. The first kappa shape index (κ1) is 21.7. The maximum Gasteiger partial charge on any atom is 0.339 e. The summed E-state index contributed by atoms with van der Waals surface area (Å²) in [7, 11) is -3.68. The smallest absolute Gasteiger partial charge is 0.324 e. The molecule has 0 saturated carbocycles. The summed E-state index contributed by atoms with van der Waals surface area (Å²) in [5, 5.41) is -0.359. The first-order chi connectivity index (χ1) is 14.2. The largest absolute Gasteiger partial charge is 0.339 e. The fourth-order valence-corrected chi connectivity index (χ4v) is 3.84. The number of hydrogen-bond donors (Lipinski definition) is 0. The van der Waals surface area contributed by atoms with Crippen LogP contribution in [-0.4, -0.2) is 57.3 Å². The van der Waals surface area contributed by atoms with Gasteiger partial charge in [0.15, 0.2) is 5.65 Å². The van der Waals surface area contributed by atoms with Crippen molar-refractivity contribution in [3.05, 3.63) is 52.1 Å². The molecule has 3 aromatic rings. The van der Waals surface area contributed by atoms with Crippen molar-refractivity contribution < 1.29 is 13.2 Å². The third-order valence-corrected chi connectivity index (χ3v) is 6.50. The summed E-state index contributed by atoms with van der Waals surface area (Å²) in [5.74, 6) is -0.167. The maximum absolute atomic E-state index is 13.2. The van der Waals surface area contributed by atoms with Gasteiger partial charge in [-0.05, 0) is 26.3 Å². The van der Waals surface area contributed by atoms with E-state index in [2.05, 4.69) is 9.97 Å². The Morgan fingerprint density at radius 2 is 1.73 bits per heavy atom. The zero-order valence-electron chi connectivity index (χ0n) is 17.5. The van der Waals surface area contributed by atoms with Crippen molar-refractivity contribution in [2.24, 2.45) is 0 Å². The van der Waals surface area contributed by atoms with Crippen LogP contribution in [0.25, 0.3) is 11.2 Å². The van der Waals surface area contributed by atoms with Crippen LogP contribution >= 0.6 is 0 Å². The highest BCUT2D eigenvalue weighted by Gasteiger charge is 2.25. The number of imidazole rings is 1. The van der Waals surface area contributed by atoms with Gasteiger partial charge in [-0.15, -0.1) is 0 Å². The van der Waals surface area contributed by atoms with Crippen LogP contribution in [0, 0.1) is 6.92 Å². The number of benzene rings is 1. The maximum atomic E-state index is 13.2. The fraction of sp³-hybridized carbons (Fsp3) is 0.400. The number of nitrogens with zero attached hydrogens (tertiary/aromatic N) is 5. The van der Waals surface area contributed by atoms with Crippen LogP contribution in [0.5, 0.6) is 0 Å². The summed E-state index contributed by atoms with van der Waals surface area (Å²) in [6.07, 6.45) is 1.24. The lowest BCUT2D eigenvalue weighted by Gasteiger charge is -2.18. The van der Waals surface area contributed by atoms with Crippen LogP contribution in [0.3, 0.4) is 0 Å². The highest BCUT2D eigenvalue weighted by Crippen LogP contribution is 2.16. The van der Waals surface area contributed by atoms with Gasteiger partial charge in [0, 0.05) is 13.1 Å². The van der Waals surface area contributed by atoms with Crippen LogP contribution < -0.4 is 5.69 Å². The number of rotatable bonds is 6. The van der Waals surface area contributed by atoms with E-state index in [0.717, 1.165) is 15.7 Å². The summed E-state index contributed by atoms with van der Waals surface area (Å²) >= 11 is 0. The minimum atomic E-state index is -3.68. The normalized spacial score (nSPS) is 11.7. The molecule has 0 aliphatic heterocycles. The molecular weight excluding hydrogens is 406 g/mol. The highest BCUT2D eigenvalue weighted by molar-refractivity contribution is 7.91. The number of aromatic nitrogens is 4. The van der Waals surface area contributed by atoms with Crippen LogP contribution in [-0.2, 0) is 16.4 Å². The average molecular weight is 432 g/mol. The standard InChI is InChI=1S/C20H25N5O4S/c1-5-23(6-2)19(26)25-16-12-21-18(30(28,29)7-3)22-17(16)24(20(25)27)13-15-10-8-14(4)9-11-15/h8-12H,5-7,13H2,1-4H3. The molecule has 0 unspecified atom stereocenters. The monoisotopic (exact) mass is 431 g/mol. The fourth-order valence-electron chi connectivity index (χ4n) is 3.14. The molecule has 0 N–H and O–H groups in total. The second-order valence-electron chi connectivity index (χ2n) is 6.91. The summed E-state index contributed by atoms with van der Waals surface area (Å²) < 4.78 is 26.9. The van der Waals surface area contributed by atoms with E-state index >= 15 is 0 Å². The third-order valence-electron chi connectivity index (χ3n) is 4.99. The molecule has 9 nitrogen and oxygen atoms in total. The lowest BCUT2D eigenvalue weighted by Crippen LogP contribution is -2.40. The molecule has 160 valence electrons. The van der Waals surface area contributed by atoms with Crippen molar-refractivity contribution in [2.75, 3.05) is 18.8 Å². The summed E-state index contributed by atoms with van der Waals surface area (Å²) in [4.78, 5) is 35.8. The van der Waals surface area contributed by atoms with Gasteiger partial charge in [-0.25, -0.2) is 27.6 Å². The second kappa shape index (κ2) is 8.39. The van der Waals surface area contributed by atoms with E-state index in [1.807, 2.05) is 45.0 Å². The van der Waals surface area contributed by atoms with E-state index < -0.39 is 21.6 Å². The molecule has 1 aromatic carbocycles. The molecule has 0 aliphatic rings. The number of amides is 1. The van der Waals surface area contributed by atoms with Gasteiger partial charge >= 0.3 is 11.7 Å². The molecule has 2 heterocycles. The Kier molecular flexibility index (Phi) is 6.06. The molecule has 0 saturated heterocycles. The number of sulfone groups is 1. The number of fused-ring (bicyclic) bond motifs is 1. The Morgan fingerprint density at radius 1 is 1.10 bits per heavy atom. The summed E-state index contributed by atoms with van der Waals surface area (Å²) in [6.45, 7) is 8.10. The van der Waals surface area contributed by atoms with Crippen molar-refractivity contribution in [2.45, 2.75) is 39.4 Å². The van der Waals surface area contributed by atoms with Gasteiger partial charge in [0.05, 0.1) is 18.5 Å². The zero-order valence-corrected chi connectivity index (χ0v) is 18.3. The van der Waals surface area contributed by atoms with Crippen molar-refractivity contribution in [1.29, 1.82) is 0 Å². The van der Waals surface area contributed by atoms with Crippen LogP contribution in [0.4, 0.5) is 4.79 Å². The molecule has 3 rings (SSSR count). The number of hydrogen-bond acceptors (Lipinski definition) is 6. The van der Waals surface area contributed by atoms with Crippen LogP contribution in [0.1, 0.15) is 31.9 Å². The van der Waals surface area contributed by atoms with Gasteiger partial charge in [0.2, 0.25) is 15.0 Å². The Labute approximate surface area is 174 Å². The SMILES string of the molecule is CCN(CC)C(=O)n1c(=O)n(Cc2ccc(C)cc2)c2nc(S(=O)(=O)CC)ncc21. The Balaban J connectivity index is 2.27. The first-order valence-electron chi connectivity index (χ1n) is 9.79. The zero-order chi connectivity index (χ0) is 22.1. The van der Waals surface area contributed by atoms with Gasteiger partial charge < -0.3 is 4.90 Å². The Hall–Kier alpha value is -3.01. The topological polar surface area (TPSA) is 107 Å². The van der Waals surface area contributed by atoms with Crippen molar-refractivity contribution in [3.8, 4) is 0 Å². The van der Waals surface area contributed by atoms with Crippen LogP contribution in [0.2, 0.25) is 0 Å². The van der Waals surface area contributed by atoms with Gasteiger partial charge in [-0.3, -0.25) is 4.57 Å². The second-order valence-corrected chi connectivity index (χ2v) is 9.08. The predicted molar refractivity (Wildman–Crippen MR) is 114 cm³/mol. The van der Waals surface area contributed by atoms with Crippen LogP contribution in [0.15, 0.2) is 40.4 Å². The number of carbonyl (C=O) groups is 1. The minimum Gasteiger partial charge on any atom is -0.324 e. The first-order valence-corrected chi connectivity index (χ1v) is 11.4. The molecular formula is C20H25N5O4S. The average Bonchev–Trinajstić information content (AvgIpc) is 3.01.